The van der Waals surface area contributed by atoms with Crippen LogP contribution in [0, 0.1) is 0 Å². The SMILES string of the molecule is NC(=S)c1cnc(Cc2cccc3ccccc23)s1. The number of hydrogen-bond donors (Lipinski definition) is 1. The zero-order valence-corrected chi connectivity index (χ0v) is 11.8. The minimum Gasteiger partial charge on any atom is -0.389 e. The third kappa shape index (κ3) is 2.50. The monoisotopic (exact) mass is 284 g/mol. The number of hydrogen-bond acceptors (Lipinski definition) is 3. The second kappa shape index (κ2) is 5.07. The lowest BCUT2D eigenvalue weighted by Gasteiger charge is -2.04. The van der Waals surface area contributed by atoms with Gasteiger partial charge < -0.3 is 5.73 Å². The standard InChI is InChI=1S/C15H12N2S2/c16-15(18)13-9-17-14(19-13)8-11-6-3-5-10-4-1-2-7-12(10)11/h1-7,9H,8H2,(H2,16,18). The molecular formula is C15H12N2S2. The van der Waals surface area contributed by atoms with Gasteiger partial charge in [-0.15, -0.1) is 11.3 Å². The number of nitrogens with zero attached hydrogens (tertiary/aromatic N) is 1. The van der Waals surface area contributed by atoms with Crippen LogP contribution in [0.5, 0.6) is 0 Å². The molecule has 3 aromatic rings. The van der Waals surface area contributed by atoms with Gasteiger partial charge in [0.1, 0.15) is 4.99 Å². The Morgan fingerprint density at radius 3 is 2.74 bits per heavy atom. The molecule has 0 aliphatic heterocycles. The lowest BCUT2D eigenvalue weighted by atomic mass is 10.0. The van der Waals surface area contributed by atoms with Crippen molar-refractivity contribution in [1.29, 1.82) is 0 Å². The normalized spacial score (nSPS) is 10.7. The summed E-state index contributed by atoms with van der Waals surface area (Å²) in [5.41, 5.74) is 6.89. The molecule has 3 rings (SSSR count). The molecular weight excluding hydrogens is 272 g/mol. The summed E-state index contributed by atoms with van der Waals surface area (Å²) in [4.78, 5) is 5.69. The van der Waals surface area contributed by atoms with Gasteiger partial charge in [-0.2, -0.15) is 0 Å². The molecule has 1 heterocycles. The summed E-state index contributed by atoms with van der Waals surface area (Å²) in [6.07, 6.45) is 2.57. The lowest BCUT2D eigenvalue weighted by molar-refractivity contribution is 1.15. The van der Waals surface area contributed by atoms with E-state index in [-0.39, 0.29) is 0 Å². The fraction of sp³-hybridized carbons (Fsp3) is 0.0667. The van der Waals surface area contributed by atoms with Crippen LogP contribution >= 0.6 is 23.6 Å². The zero-order valence-electron chi connectivity index (χ0n) is 10.2. The van der Waals surface area contributed by atoms with E-state index in [0.29, 0.717) is 4.99 Å². The molecule has 94 valence electrons. The third-order valence-electron chi connectivity index (χ3n) is 3.02. The van der Waals surface area contributed by atoms with Crippen molar-refractivity contribution in [2.24, 2.45) is 5.73 Å². The predicted molar refractivity (Wildman–Crippen MR) is 84.8 cm³/mol. The Morgan fingerprint density at radius 2 is 1.95 bits per heavy atom. The fourth-order valence-corrected chi connectivity index (χ4v) is 3.09. The van der Waals surface area contributed by atoms with E-state index in [2.05, 4.69) is 47.4 Å². The summed E-state index contributed by atoms with van der Waals surface area (Å²) >= 11 is 6.53. The second-order valence-electron chi connectivity index (χ2n) is 4.30. The van der Waals surface area contributed by atoms with Gasteiger partial charge in [-0.1, -0.05) is 54.7 Å². The largest absolute Gasteiger partial charge is 0.389 e. The molecule has 0 aliphatic carbocycles. The molecule has 1 aromatic heterocycles. The van der Waals surface area contributed by atoms with Crippen LogP contribution in [-0.2, 0) is 6.42 Å². The maximum atomic E-state index is 5.61. The molecule has 0 fully saturated rings. The van der Waals surface area contributed by atoms with Crippen molar-refractivity contribution >= 4 is 39.3 Å². The predicted octanol–water partition coefficient (Wildman–Crippen LogP) is 3.52. The van der Waals surface area contributed by atoms with Gasteiger partial charge in [0.25, 0.3) is 0 Å². The number of fused-ring (bicyclic) bond motifs is 1. The Labute approximate surface area is 120 Å². The van der Waals surface area contributed by atoms with Crippen LogP contribution in [0.2, 0.25) is 0 Å². The fourth-order valence-electron chi connectivity index (χ4n) is 2.12. The Balaban J connectivity index is 1.98. The molecule has 2 nitrogen and oxygen atoms in total. The summed E-state index contributed by atoms with van der Waals surface area (Å²) in [6, 6.07) is 14.7. The first-order valence-corrected chi connectivity index (χ1v) is 7.17. The van der Waals surface area contributed by atoms with E-state index in [1.54, 1.807) is 17.5 Å². The van der Waals surface area contributed by atoms with Crippen molar-refractivity contribution < 1.29 is 0 Å². The van der Waals surface area contributed by atoms with Crippen LogP contribution in [0.1, 0.15) is 15.4 Å². The summed E-state index contributed by atoms with van der Waals surface area (Å²) in [7, 11) is 0. The van der Waals surface area contributed by atoms with Crippen LogP contribution in [0.25, 0.3) is 10.8 Å². The molecule has 0 saturated heterocycles. The molecule has 0 radical (unpaired) electrons. The van der Waals surface area contributed by atoms with Gasteiger partial charge in [-0.05, 0) is 16.3 Å². The number of nitrogens with two attached hydrogens (primary N) is 1. The smallest absolute Gasteiger partial charge is 0.115 e. The number of thiazole rings is 1. The molecule has 0 bridgehead atoms. The first kappa shape index (κ1) is 12.3. The summed E-state index contributed by atoms with van der Waals surface area (Å²) in [6.45, 7) is 0. The molecule has 0 atom stereocenters. The molecule has 0 spiro atoms. The molecule has 4 heteroatoms. The van der Waals surface area contributed by atoms with E-state index < -0.39 is 0 Å². The van der Waals surface area contributed by atoms with E-state index in [1.165, 1.54) is 16.3 Å². The Kier molecular flexibility index (Phi) is 3.27. The van der Waals surface area contributed by atoms with Crippen LogP contribution in [0.15, 0.2) is 48.7 Å². The molecule has 0 saturated carbocycles. The van der Waals surface area contributed by atoms with E-state index in [4.69, 9.17) is 18.0 Å². The number of thiocarbonyl (C=S) groups is 1. The van der Waals surface area contributed by atoms with Crippen molar-refractivity contribution in [2.75, 3.05) is 0 Å². The van der Waals surface area contributed by atoms with E-state index in [0.717, 1.165) is 16.3 Å². The van der Waals surface area contributed by atoms with Gasteiger partial charge in [0.15, 0.2) is 0 Å². The highest BCUT2D eigenvalue weighted by Crippen LogP contribution is 2.23. The first-order chi connectivity index (χ1) is 9.24. The van der Waals surface area contributed by atoms with Crippen LogP contribution in [0.3, 0.4) is 0 Å². The molecule has 0 aliphatic rings. The topological polar surface area (TPSA) is 38.9 Å². The van der Waals surface area contributed by atoms with Crippen molar-refractivity contribution in [3.63, 3.8) is 0 Å². The molecule has 2 aromatic carbocycles. The average Bonchev–Trinajstić information content (AvgIpc) is 2.88. The summed E-state index contributed by atoms with van der Waals surface area (Å²) in [5.74, 6) is 0. The molecule has 2 N–H and O–H groups in total. The maximum Gasteiger partial charge on any atom is 0.115 e. The number of rotatable bonds is 3. The highest BCUT2D eigenvalue weighted by atomic mass is 32.1. The Morgan fingerprint density at radius 1 is 1.16 bits per heavy atom. The van der Waals surface area contributed by atoms with E-state index >= 15 is 0 Å². The van der Waals surface area contributed by atoms with Crippen molar-refractivity contribution in [3.05, 3.63) is 64.1 Å². The number of aromatic nitrogens is 1. The van der Waals surface area contributed by atoms with Crippen molar-refractivity contribution in [1.82, 2.24) is 4.98 Å². The highest BCUT2D eigenvalue weighted by molar-refractivity contribution is 7.81. The highest BCUT2D eigenvalue weighted by Gasteiger charge is 2.07. The Hall–Kier alpha value is -1.78. The zero-order chi connectivity index (χ0) is 13.2. The van der Waals surface area contributed by atoms with Crippen molar-refractivity contribution in [2.45, 2.75) is 6.42 Å². The molecule has 19 heavy (non-hydrogen) atoms. The number of benzene rings is 2. The second-order valence-corrected chi connectivity index (χ2v) is 5.85. The molecule has 0 amide bonds. The summed E-state index contributed by atoms with van der Waals surface area (Å²) < 4.78 is 0. The minimum atomic E-state index is 0.418. The molecule has 0 unspecified atom stereocenters. The Bertz CT molecular complexity index is 741. The minimum absolute atomic E-state index is 0.418. The van der Waals surface area contributed by atoms with Gasteiger partial charge in [0, 0.05) is 12.6 Å². The van der Waals surface area contributed by atoms with Crippen LogP contribution in [-0.4, -0.2) is 9.97 Å². The van der Waals surface area contributed by atoms with Gasteiger partial charge in [-0.25, -0.2) is 4.98 Å². The lowest BCUT2D eigenvalue weighted by Crippen LogP contribution is -2.06. The van der Waals surface area contributed by atoms with E-state index in [1.807, 2.05) is 0 Å². The van der Waals surface area contributed by atoms with Gasteiger partial charge in [0.05, 0.1) is 9.88 Å². The van der Waals surface area contributed by atoms with Gasteiger partial charge >= 0.3 is 0 Å². The van der Waals surface area contributed by atoms with Crippen molar-refractivity contribution in [3.8, 4) is 0 Å². The van der Waals surface area contributed by atoms with Crippen LogP contribution in [0.4, 0.5) is 0 Å². The average molecular weight is 284 g/mol. The van der Waals surface area contributed by atoms with Gasteiger partial charge in [0.2, 0.25) is 0 Å². The van der Waals surface area contributed by atoms with E-state index in [9.17, 15) is 0 Å². The summed E-state index contributed by atoms with van der Waals surface area (Å²) in [5, 5.41) is 3.57. The quantitative estimate of drug-likeness (QED) is 0.748. The first-order valence-electron chi connectivity index (χ1n) is 5.95. The maximum absolute atomic E-state index is 5.61. The van der Waals surface area contributed by atoms with Gasteiger partial charge in [-0.3, -0.25) is 0 Å². The third-order valence-corrected chi connectivity index (χ3v) is 4.40. The van der Waals surface area contributed by atoms with Crippen LogP contribution < -0.4 is 5.73 Å².